The predicted molar refractivity (Wildman–Crippen MR) is 121 cm³/mol. The number of anilines is 1. The van der Waals surface area contributed by atoms with Gasteiger partial charge in [-0.25, -0.2) is 8.78 Å². The maximum absolute atomic E-state index is 13.9. The molecule has 11 heteroatoms. The van der Waals surface area contributed by atoms with Crippen LogP contribution in [0.25, 0.3) is 0 Å². The van der Waals surface area contributed by atoms with E-state index >= 15 is 0 Å². The number of aromatic nitrogens is 3. The van der Waals surface area contributed by atoms with Gasteiger partial charge in [0.2, 0.25) is 5.91 Å². The van der Waals surface area contributed by atoms with Crippen molar-refractivity contribution < 1.29 is 18.4 Å². The summed E-state index contributed by atoms with van der Waals surface area (Å²) in [6.07, 6.45) is 0. The van der Waals surface area contributed by atoms with Crippen LogP contribution in [-0.2, 0) is 17.9 Å². The van der Waals surface area contributed by atoms with Crippen LogP contribution in [0.4, 0.5) is 14.5 Å². The number of benzene rings is 2. The monoisotopic (exact) mass is 523 g/mol. The number of amides is 2. The average molecular weight is 524 g/mol. The minimum absolute atomic E-state index is 0.0585. The summed E-state index contributed by atoms with van der Waals surface area (Å²) in [6, 6.07) is 9.01. The lowest BCUT2D eigenvalue weighted by Crippen LogP contribution is -2.25. The van der Waals surface area contributed by atoms with Gasteiger partial charge in [-0.15, -0.1) is 10.2 Å². The van der Waals surface area contributed by atoms with E-state index in [-0.39, 0.29) is 28.4 Å². The van der Waals surface area contributed by atoms with E-state index in [2.05, 4.69) is 36.8 Å². The summed E-state index contributed by atoms with van der Waals surface area (Å²) in [5, 5.41) is 13.9. The molecule has 1 aromatic heterocycles. The second-order valence-electron chi connectivity index (χ2n) is 6.78. The first-order valence-corrected chi connectivity index (χ1v) is 11.4. The third kappa shape index (κ3) is 5.92. The second kappa shape index (κ2) is 10.7. The first-order chi connectivity index (χ1) is 15.3. The number of halogens is 3. The molecule has 168 valence electrons. The first-order valence-electron chi connectivity index (χ1n) is 9.62. The summed E-state index contributed by atoms with van der Waals surface area (Å²) in [6.45, 7) is 4.51. The number of hydrogen-bond donors (Lipinski definition) is 2. The van der Waals surface area contributed by atoms with E-state index in [9.17, 15) is 18.4 Å². The van der Waals surface area contributed by atoms with Gasteiger partial charge >= 0.3 is 0 Å². The summed E-state index contributed by atoms with van der Waals surface area (Å²) in [4.78, 5) is 24.6. The van der Waals surface area contributed by atoms with Crippen molar-refractivity contribution >= 4 is 45.2 Å². The van der Waals surface area contributed by atoms with Crippen molar-refractivity contribution in [3.05, 3.63) is 69.5 Å². The summed E-state index contributed by atoms with van der Waals surface area (Å²) >= 11 is 4.16. The number of nitrogens with one attached hydrogen (secondary N) is 2. The van der Waals surface area contributed by atoms with Crippen LogP contribution in [0.15, 0.2) is 46.0 Å². The Morgan fingerprint density at radius 3 is 2.66 bits per heavy atom. The lowest BCUT2D eigenvalue weighted by molar-refractivity contribution is -0.113. The summed E-state index contributed by atoms with van der Waals surface area (Å²) in [7, 11) is 0. The molecule has 0 spiro atoms. The molecule has 0 aliphatic rings. The van der Waals surface area contributed by atoms with Gasteiger partial charge in [0.25, 0.3) is 5.91 Å². The van der Waals surface area contributed by atoms with Crippen molar-refractivity contribution in [3.63, 3.8) is 0 Å². The fourth-order valence-corrected chi connectivity index (χ4v) is 4.22. The van der Waals surface area contributed by atoms with Crippen molar-refractivity contribution in [2.24, 2.45) is 0 Å². The molecule has 1 heterocycles. The zero-order valence-electron chi connectivity index (χ0n) is 17.3. The van der Waals surface area contributed by atoms with Crippen LogP contribution in [0.2, 0.25) is 0 Å². The number of thioether (sulfide) groups is 1. The second-order valence-corrected chi connectivity index (χ2v) is 8.57. The van der Waals surface area contributed by atoms with Gasteiger partial charge in [-0.05, 0) is 48.0 Å². The molecule has 2 N–H and O–H groups in total. The largest absolute Gasteiger partial charge is 0.345 e. The maximum Gasteiger partial charge on any atom is 0.251 e. The van der Waals surface area contributed by atoms with Crippen molar-refractivity contribution in [1.29, 1.82) is 0 Å². The molecule has 3 rings (SSSR count). The number of carbonyl (C=O) groups is 2. The third-order valence-electron chi connectivity index (χ3n) is 4.40. The fraction of sp³-hybridized carbons (Fsp3) is 0.238. The average Bonchev–Trinajstić information content (AvgIpc) is 3.14. The molecule has 2 aromatic carbocycles. The minimum Gasteiger partial charge on any atom is -0.345 e. The molecule has 2 amide bonds. The molecule has 0 saturated carbocycles. The molecule has 0 atom stereocenters. The van der Waals surface area contributed by atoms with E-state index in [4.69, 9.17) is 0 Å². The fourth-order valence-electron chi connectivity index (χ4n) is 2.89. The Morgan fingerprint density at radius 2 is 1.97 bits per heavy atom. The van der Waals surface area contributed by atoms with Crippen LogP contribution in [-0.4, -0.2) is 32.3 Å². The summed E-state index contributed by atoms with van der Waals surface area (Å²) < 4.78 is 29.0. The highest BCUT2D eigenvalue weighted by molar-refractivity contribution is 9.10. The quantitative estimate of drug-likeness (QED) is 0.429. The third-order valence-corrected chi connectivity index (χ3v) is 5.99. The van der Waals surface area contributed by atoms with Crippen molar-refractivity contribution in [2.75, 3.05) is 11.1 Å². The van der Waals surface area contributed by atoms with Crippen LogP contribution < -0.4 is 10.6 Å². The molecule has 3 aromatic rings. The molecule has 32 heavy (non-hydrogen) atoms. The highest BCUT2D eigenvalue weighted by Crippen LogP contribution is 2.27. The Kier molecular flexibility index (Phi) is 7.97. The van der Waals surface area contributed by atoms with Crippen LogP contribution >= 0.6 is 27.7 Å². The smallest absolute Gasteiger partial charge is 0.251 e. The predicted octanol–water partition coefficient (Wildman–Crippen LogP) is 4.31. The molecule has 0 radical (unpaired) electrons. The SMILES string of the molecule is CCn1c(CNC(=O)c2cccc(C)c2)nnc1SCC(=O)Nc1c(F)cc(F)cc1Br. The van der Waals surface area contributed by atoms with E-state index in [0.717, 1.165) is 23.4 Å². The number of nitrogens with zero attached hydrogens (tertiary/aromatic N) is 3. The first kappa shape index (κ1) is 23.9. The van der Waals surface area contributed by atoms with Gasteiger partial charge < -0.3 is 15.2 Å². The lowest BCUT2D eigenvalue weighted by atomic mass is 10.1. The van der Waals surface area contributed by atoms with E-state index < -0.39 is 17.5 Å². The Labute approximate surface area is 196 Å². The minimum atomic E-state index is -0.876. The molecule has 7 nitrogen and oxygen atoms in total. The van der Waals surface area contributed by atoms with Gasteiger partial charge in [0.1, 0.15) is 5.82 Å². The standard InChI is InChI=1S/C21H20BrF2N5O2S/c1-3-29-17(10-25-20(31)13-6-4-5-12(2)7-13)27-28-21(29)32-11-18(30)26-19-15(22)8-14(23)9-16(19)24/h4-9H,3,10-11H2,1-2H3,(H,25,31)(H,26,30). The van der Waals surface area contributed by atoms with Crippen LogP contribution in [0.5, 0.6) is 0 Å². The number of rotatable bonds is 8. The molecule has 0 bridgehead atoms. The van der Waals surface area contributed by atoms with E-state index in [1.54, 1.807) is 16.7 Å². The molecule has 0 aliphatic carbocycles. The Morgan fingerprint density at radius 1 is 1.19 bits per heavy atom. The number of carbonyl (C=O) groups excluding carboxylic acids is 2. The van der Waals surface area contributed by atoms with Gasteiger partial charge in [0.05, 0.1) is 18.0 Å². The Balaban J connectivity index is 1.60. The van der Waals surface area contributed by atoms with Gasteiger partial charge in [0, 0.05) is 22.6 Å². The zero-order valence-corrected chi connectivity index (χ0v) is 19.7. The van der Waals surface area contributed by atoms with Crippen LogP contribution in [0.3, 0.4) is 0 Å². The van der Waals surface area contributed by atoms with Gasteiger partial charge in [0.15, 0.2) is 16.8 Å². The summed E-state index contributed by atoms with van der Waals surface area (Å²) in [5.41, 5.74) is 1.41. The number of aryl methyl sites for hydroxylation is 1. The highest BCUT2D eigenvalue weighted by Gasteiger charge is 2.17. The summed E-state index contributed by atoms with van der Waals surface area (Å²) in [5.74, 6) is -1.85. The van der Waals surface area contributed by atoms with E-state index in [1.807, 2.05) is 26.0 Å². The van der Waals surface area contributed by atoms with Gasteiger partial charge in [-0.2, -0.15) is 0 Å². The Bertz CT molecular complexity index is 1130. The van der Waals surface area contributed by atoms with Crippen molar-refractivity contribution in [3.8, 4) is 0 Å². The molecule has 0 aliphatic heterocycles. The Hall–Kier alpha value is -2.79. The topological polar surface area (TPSA) is 88.9 Å². The maximum atomic E-state index is 13.9. The lowest BCUT2D eigenvalue weighted by Gasteiger charge is -2.10. The van der Waals surface area contributed by atoms with Crippen molar-refractivity contribution in [2.45, 2.75) is 32.1 Å². The molecule has 0 fully saturated rings. The van der Waals surface area contributed by atoms with Gasteiger partial charge in [-0.1, -0.05) is 29.5 Å². The van der Waals surface area contributed by atoms with E-state index in [1.165, 1.54) is 0 Å². The number of hydrogen-bond acceptors (Lipinski definition) is 5. The van der Waals surface area contributed by atoms with Gasteiger partial charge in [-0.3, -0.25) is 9.59 Å². The molecular formula is C21H20BrF2N5O2S. The molecular weight excluding hydrogens is 504 g/mol. The normalized spacial score (nSPS) is 10.8. The van der Waals surface area contributed by atoms with Crippen LogP contribution in [0, 0.1) is 18.6 Å². The highest BCUT2D eigenvalue weighted by atomic mass is 79.9. The van der Waals surface area contributed by atoms with Crippen molar-refractivity contribution in [1.82, 2.24) is 20.1 Å². The van der Waals surface area contributed by atoms with Crippen LogP contribution in [0.1, 0.15) is 28.7 Å². The molecule has 0 unspecified atom stereocenters. The zero-order chi connectivity index (χ0) is 23.3. The molecule has 0 saturated heterocycles. The van der Waals surface area contributed by atoms with E-state index in [0.29, 0.717) is 29.2 Å².